The molecule has 3 rings (SSSR count). The molecule has 2 atom stereocenters. The second-order valence-corrected chi connectivity index (χ2v) is 9.07. The summed E-state index contributed by atoms with van der Waals surface area (Å²) in [6, 6.07) is 12.8. The van der Waals surface area contributed by atoms with Crippen molar-refractivity contribution in [1.29, 1.82) is 0 Å². The lowest BCUT2D eigenvalue weighted by molar-refractivity contribution is -0.158. The molecule has 0 aliphatic heterocycles. The van der Waals surface area contributed by atoms with E-state index in [-0.39, 0.29) is 24.0 Å². The lowest BCUT2D eigenvalue weighted by atomic mass is 9.73. The van der Waals surface area contributed by atoms with Crippen LogP contribution in [0, 0.1) is 17.7 Å². The Morgan fingerprint density at radius 3 is 2.34 bits per heavy atom. The molecule has 5 heteroatoms. The molecule has 1 aliphatic carbocycles. The van der Waals surface area contributed by atoms with Gasteiger partial charge in [-0.15, -0.1) is 0 Å². The van der Waals surface area contributed by atoms with E-state index in [0.29, 0.717) is 12.8 Å². The van der Waals surface area contributed by atoms with Crippen molar-refractivity contribution in [2.75, 3.05) is 7.11 Å². The molecule has 32 heavy (non-hydrogen) atoms. The van der Waals surface area contributed by atoms with Crippen LogP contribution in [0.5, 0.6) is 5.75 Å². The number of aliphatic carboxylic acids is 1. The number of aryl methyl sites for hydroxylation is 1. The van der Waals surface area contributed by atoms with Gasteiger partial charge in [0.15, 0.2) is 11.6 Å². The summed E-state index contributed by atoms with van der Waals surface area (Å²) in [7, 11) is 1.44. The predicted octanol–water partition coefficient (Wildman–Crippen LogP) is 7.22. The van der Waals surface area contributed by atoms with E-state index >= 15 is 4.39 Å². The number of methoxy groups -OCH3 is 1. The normalized spacial score (nSPS) is 17.5. The second kappa shape index (κ2) is 10.9. The Balaban J connectivity index is 1.63. The Labute approximate surface area is 189 Å². The van der Waals surface area contributed by atoms with Crippen molar-refractivity contribution in [2.24, 2.45) is 11.8 Å². The van der Waals surface area contributed by atoms with Gasteiger partial charge in [0.25, 0.3) is 0 Å². The highest BCUT2D eigenvalue weighted by molar-refractivity contribution is 5.77. The molecular weight excluding hydrogens is 410 g/mol. The minimum atomic E-state index is -2.12. The highest BCUT2D eigenvalue weighted by Gasteiger charge is 2.47. The van der Waals surface area contributed by atoms with E-state index < -0.39 is 17.5 Å². The topological polar surface area (TPSA) is 46.5 Å². The fourth-order valence-electron chi connectivity index (χ4n) is 4.94. The molecule has 2 aromatic rings. The molecule has 0 bridgehead atoms. The van der Waals surface area contributed by atoms with Crippen molar-refractivity contribution in [3.63, 3.8) is 0 Å². The Bertz CT molecular complexity index is 890. The van der Waals surface area contributed by atoms with Crippen LogP contribution < -0.4 is 4.74 Å². The number of hydrogen-bond acceptors (Lipinski definition) is 2. The summed E-state index contributed by atoms with van der Waals surface area (Å²) >= 11 is 0. The van der Waals surface area contributed by atoms with Gasteiger partial charge in [-0.05, 0) is 66.8 Å². The van der Waals surface area contributed by atoms with Crippen LogP contribution in [0.15, 0.2) is 42.5 Å². The minimum Gasteiger partial charge on any atom is -0.494 e. The molecule has 0 spiro atoms. The summed E-state index contributed by atoms with van der Waals surface area (Å²) in [5.41, 5.74) is 0.674. The largest absolute Gasteiger partial charge is 0.494 e. The molecule has 0 aromatic heterocycles. The summed E-state index contributed by atoms with van der Waals surface area (Å²) in [5, 5.41) is 9.70. The van der Waals surface area contributed by atoms with Gasteiger partial charge in [-0.3, -0.25) is 0 Å². The Hall–Kier alpha value is -2.43. The molecule has 0 heterocycles. The van der Waals surface area contributed by atoms with Crippen molar-refractivity contribution in [3.05, 3.63) is 53.8 Å². The van der Waals surface area contributed by atoms with Crippen LogP contribution in [-0.4, -0.2) is 23.9 Å². The van der Waals surface area contributed by atoms with E-state index in [2.05, 4.69) is 0 Å². The van der Waals surface area contributed by atoms with Gasteiger partial charge in [0.1, 0.15) is 0 Å². The van der Waals surface area contributed by atoms with E-state index in [1.165, 1.54) is 13.2 Å². The first kappa shape index (κ1) is 24.2. The quantitative estimate of drug-likeness (QED) is 0.421. The second-order valence-electron chi connectivity index (χ2n) is 9.07. The highest BCUT2D eigenvalue weighted by atomic mass is 19.1. The molecule has 3 nitrogen and oxygen atoms in total. The summed E-state index contributed by atoms with van der Waals surface area (Å²) in [4.78, 5) is 11.9. The molecule has 0 radical (unpaired) electrons. The smallest absolute Gasteiger partial charge is 0.341 e. The molecule has 1 N–H and O–H groups in total. The van der Waals surface area contributed by atoms with E-state index in [4.69, 9.17) is 4.74 Å². The summed E-state index contributed by atoms with van der Waals surface area (Å²) < 4.78 is 34.6. The van der Waals surface area contributed by atoms with Crippen LogP contribution in [0.4, 0.5) is 8.78 Å². The maximum Gasteiger partial charge on any atom is 0.341 e. The summed E-state index contributed by atoms with van der Waals surface area (Å²) in [6.45, 7) is 2.01. The number of alkyl halides is 1. The third-order valence-electron chi connectivity index (χ3n) is 7.05. The van der Waals surface area contributed by atoms with Crippen molar-refractivity contribution < 1.29 is 23.4 Å². The average molecular weight is 445 g/mol. The van der Waals surface area contributed by atoms with Gasteiger partial charge < -0.3 is 9.84 Å². The first-order valence-corrected chi connectivity index (χ1v) is 11.7. The van der Waals surface area contributed by atoms with Crippen LogP contribution in [0.3, 0.4) is 0 Å². The number of benzene rings is 2. The molecule has 1 aliphatic rings. The monoisotopic (exact) mass is 444 g/mol. The fourth-order valence-corrected chi connectivity index (χ4v) is 4.94. The number of hydrogen-bond donors (Lipinski definition) is 1. The molecule has 0 saturated heterocycles. The number of halogens is 2. The predicted molar refractivity (Wildman–Crippen MR) is 123 cm³/mol. The molecule has 1 unspecified atom stereocenters. The number of carboxylic acids is 1. The summed E-state index contributed by atoms with van der Waals surface area (Å²) in [6.07, 6.45) is 6.62. The van der Waals surface area contributed by atoms with Gasteiger partial charge >= 0.3 is 5.97 Å². The van der Waals surface area contributed by atoms with E-state index in [1.807, 2.05) is 37.3 Å². The van der Waals surface area contributed by atoms with Gasteiger partial charge in [-0.1, -0.05) is 62.9 Å². The zero-order chi connectivity index (χ0) is 23.1. The van der Waals surface area contributed by atoms with Gasteiger partial charge in [0.05, 0.1) is 7.11 Å². The van der Waals surface area contributed by atoms with E-state index in [1.54, 1.807) is 6.07 Å². The van der Waals surface area contributed by atoms with Crippen LogP contribution in [0.2, 0.25) is 0 Å². The first-order valence-electron chi connectivity index (χ1n) is 11.7. The Morgan fingerprint density at radius 1 is 1.12 bits per heavy atom. The number of rotatable bonds is 10. The molecule has 174 valence electrons. The van der Waals surface area contributed by atoms with Crippen molar-refractivity contribution in [3.8, 4) is 16.9 Å². The summed E-state index contributed by atoms with van der Waals surface area (Å²) in [5.74, 6) is -1.82. The van der Waals surface area contributed by atoms with E-state index in [9.17, 15) is 14.3 Å². The lowest BCUT2D eigenvalue weighted by Gasteiger charge is -2.35. The number of carboxylic acid groups (broad SMARTS) is 1. The molecular formula is C27H34F2O3. The maximum atomic E-state index is 15.7. The van der Waals surface area contributed by atoms with Crippen LogP contribution in [0.25, 0.3) is 11.1 Å². The van der Waals surface area contributed by atoms with E-state index in [0.717, 1.165) is 55.2 Å². The van der Waals surface area contributed by atoms with Gasteiger partial charge in [-0.2, -0.15) is 0 Å². The molecule has 1 saturated carbocycles. The van der Waals surface area contributed by atoms with Crippen LogP contribution in [-0.2, 0) is 11.2 Å². The third kappa shape index (κ3) is 5.67. The highest BCUT2D eigenvalue weighted by Crippen LogP contribution is 2.41. The number of ether oxygens (including phenoxy) is 1. The molecule has 2 aromatic carbocycles. The molecule has 1 fully saturated rings. The standard InChI is InChI=1S/C27H34F2O3/c1-3-19(18-27(29,26(30)31)23-7-5-4-6-8-23)9-10-20-11-13-21(14-12-20)22-15-16-25(32-2)24(28)17-22/h11-17,19,23H,3-10,18H2,1-2H3,(H,30,31)/t19?,27-/m0/s1. The third-order valence-corrected chi connectivity index (χ3v) is 7.05. The zero-order valence-corrected chi connectivity index (χ0v) is 19.1. The zero-order valence-electron chi connectivity index (χ0n) is 19.1. The molecule has 0 amide bonds. The van der Waals surface area contributed by atoms with Crippen molar-refractivity contribution in [2.45, 2.75) is 70.4 Å². The van der Waals surface area contributed by atoms with Crippen molar-refractivity contribution in [1.82, 2.24) is 0 Å². The minimum absolute atomic E-state index is 0.0217. The van der Waals surface area contributed by atoms with Crippen LogP contribution in [0.1, 0.15) is 63.9 Å². The maximum absolute atomic E-state index is 15.7. The fraction of sp³-hybridized carbons (Fsp3) is 0.519. The lowest BCUT2D eigenvalue weighted by Crippen LogP contribution is -2.44. The van der Waals surface area contributed by atoms with Gasteiger partial charge in [-0.25, -0.2) is 13.6 Å². The van der Waals surface area contributed by atoms with Gasteiger partial charge in [0, 0.05) is 5.92 Å². The van der Waals surface area contributed by atoms with Crippen LogP contribution >= 0.6 is 0 Å². The number of carbonyl (C=O) groups is 1. The van der Waals surface area contributed by atoms with Gasteiger partial charge in [0.2, 0.25) is 5.67 Å². The Kier molecular flexibility index (Phi) is 8.27. The van der Waals surface area contributed by atoms with Crippen molar-refractivity contribution >= 4 is 5.97 Å². The SMILES string of the molecule is CCC(CCc1ccc(-c2ccc(OC)c(F)c2)cc1)C[C@@](F)(C(=O)O)C1CCCCC1. The Morgan fingerprint density at radius 2 is 1.78 bits per heavy atom. The first-order chi connectivity index (χ1) is 15.4. The average Bonchev–Trinajstić information content (AvgIpc) is 2.82.